The minimum Gasteiger partial charge on any atom is -0.374 e. The van der Waals surface area contributed by atoms with Gasteiger partial charge in [0.05, 0.1) is 45.3 Å². The third-order valence-electron chi connectivity index (χ3n) is 7.48. The Bertz CT molecular complexity index is 1450. The summed E-state index contributed by atoms with van der Waals surface area (Å²) in [7, 11) is 0. The average Bonchev–Trinajstić information content (AvgIpc) is 3.61. The van der Waals surface area contributed by atoms with Crippen LogP contribution in [0.1, 0.15) is 22.4 Å². The van der Waals surface area contributed by atoms with Crippen molar-refractivity contribution in [1.29, 1.82) is 0 Å². The van der Waals surface area contributed by atoms with E-state index < -0.39 is 24.4 Å². The second kappa shape index (κ2) is 17.1. The second-order valence-corrected chi connectivity index (χ2v) is 13.2. The molecule has 0 bridgehead atoms. The quantitative estimate of drug-likeness (QED) is 0.147. The zero-order valence-corrected chi connectivity index (χ0v) is 26.7. The van der Waals surface area contributed by atoms with E-state index in [1.165, 1.54) is 0 Å². The van der Waals surface area contributed by atoms with Gasteiger partial charge in [-0.1, -0.05) is 121 Å². The lowest BCUT2D eigenvalue weighted by molar-refractivity contribution is -0.254. The van der Waals surface area contributed by atoms with E-state index in [9.17, 15) is 0 Å². The lowest BCUT2D eigenvalue weighted by atomic mass is 9.99. The molecule has 6 rings (SSSR count). The molecule has 1 fully saturated rings. The maximum Gasteiger partial charge on any atom is 0.139 e. The van der Waals surface area contributed by atoms with Crippen molar-refractivity contribution < 1.29 is 23.7 Å². The van der Waals surface area contributed by atoms with E-state index in [1.807, 2.05) is 72.8 Å². The average molecular weight is 643 g/mol. The van der Waals surface area contributed by atoms with Crippen molar-refractivity contribution in [2.75, 3.05) is 18.9 Å². The first-order valence-corrected chi connectivity index (χ1v) is 17.1. The van der Waals surface area contributed by atoms with Crippen LogP contribution in [0, 0.1) is 0 Å². The number of aliphatic imine (C=N–C) groups is 1. The van der Waals surface area contributed by atoms with Crippen LogP contribution in [0.2, 0.25) is 0 Å². The fourth-order valence-electron chi connectivity index (χ4n) is 5.23. The topological polar surface area (TPSA) is 71.4 Å². The van der Waals surface area contributed by atoms with E-state index in [0.29, 0.717) is 33.0 Å². The summed E-state index contributed by atoms with van der Waals surface area (Å²) in [5, 5.41) is 0. The van der Waals surface area contributed by atoms with Crippen molar-refractivity contribution in [3.63, 3.8) is 0 Å². The molecule has 0 N–H and O–H groups in total. The van der Waals surface area contributed by atoms with E-state index in [-0.39, 0.29) is 5.44 Å². The predicted molar refractivity (Wildman–Crippen MR) is 180 cm³/mol. The molecule has 0 radical (unpaired) electrons. The van der Waals surface area contributed by atoms with Crippen LogP contribution in [-0.4, -0.2) is 58.1 Å². The van der Waals surface area contributed by atoms with Gasteiger partial charge in [-0.2, -0.15) is 0 Å². The van der Waals surface area contributed by atoms with Crippen molar-refractivity contribution in [1.82, 2.24) is 4.98 Å². The van der Waals surface area contributed by atoms with Crippen LogP contribution in [0.4, 0.5) is 0 Å². The third kappa shape index (κ3) is 9.50. The van der Waals surface area contributed by atoms with Gasteiger partial charge in [0.15, 0.2) is 0 Å². The van der Waals surface area contributed by atoms with E-state index in [4.69, 9.17) is 28.7 Å². The predicted octanol–water partition coefficient (Wildman–Crippen LogP) is 6.92. The van der Waals surface area contributed by atoms with Crippen molar-refractivity contribution >= 4 is 27.9 Å². The molecule has 9 heteroatoms. The molecule has 4 aromatic rings. The first-order chi connectivity index (χ1) is 22.3. The molecule has 1 saturated heterocycles. The Balaban J connectivity index is 1.29. The standard InChI is InChI=1S/C36H38N2O5S2/c1-4-12-27(13-5-1)22-39-26-31-32(40-23-28-14-6-2-7-15-28)33(41-24-29-16-8-3-9-17-29)34(42-25-30-18-10-11-19-37-30)35(43-31)45-36-38-20-21-44-36/h1-19,31-35H,20-26H2. The van der Waals surface area contributed by atoms with E-state index in [2.05, 4.69) is 41.4 Å². The van der Waals surface area contributed by atoms with Gasteiger partial charge < -0.3 is 23.7 Å². The highest BCUT2D eigenvalue weighted by Gasteiger charge is 2.49. The highest BCUT2D eigenvalue weighted by atomic mass is 32.2. The number of pyridine rings is 1. The largest absolute Gasteiger partial charge is 0.374 e. The Kier molecular flexibility index (Phi) is 12.1. The summed E-state index contributed by atoms with van der Waals surface area (Å²) in [6.45, 7) is 2.75. The number of ether oxygens (including phenoxy) is 5. The van der Waals surface area contributed by atoms with Gasteiger partial charge in [-0.25, -0.2) is 0 Å². The molecule has 5 atom stereocenters. The van der Waals surface area contributed by atoms with Gasteiger partial charge in [-0.3, -0.25) is 9.98 Å². The summed E-state index contributed by atoms with van der Waals surface area (Å²) in [5.41, 5.74) is 3.70. The molecule has 45 heavy (non-hydrogen) atoms. The molecule has 0 saturated carbocycles. The van der Waals surface area contributed by atoms with Gasteiger partial charge in [-0.05, 0) is 28.8 Å². The van der Waals surface area contributed by atoms with Gasteiger partial charge in [-0.15, -0.1) is 0 Å². The number of rotatable bonds is 14. The Labute approximate surface area is 273 Å². The number of benzene rings is 3. The Hall–Kier alpha value is -3.02. The van der Waals surface area contributed by atoms with E-state index in [0.717, 1.165) is 39.1 Å². The number of thioether (sulfide) groups is 2. The normalized spacial score (nSPS) is 23.1. The van der Waals surface area contributed by atoms with Gasteiger partial charge in [0, 0.05) is 11.9 Å². The number of hydrogen-bond donors (Lipinski definition) is 0. The van der Waals surface area contributed by atoms with E-state index in [1.54, 1.807) is 29.7 Å². The first-order valence-electron chi connectivity index (χ1n) is 15.3. The number of hydrogen-bond acceptors (Lipinski definition) is 9. The smallest absolute Gasteiger partial charge is 0.139 e. The molecular formula is C36H38N2O5S2. The van der Waals surface area contributed by atoms with Crippen LogP contribution in [-0.2, 0) is 50.1 Å². The summed E-state index contributed by atoms with van der Waals surface area (Å²) >= 11 is 3.35. The molecule has 2 aliphatic rings. The summed E-state index contributed by atoms with van der Waals surface area (Å²) in [5.74, 6) is 0.967. The van der Waals surface area contributed by atoms with Crippen LogP contribution in [0.15, 0.2) is 120 Å². The van der Waals surface area contributed by atoms with Gasteiger partial charge in [0.1, 0.15) is 34.2 Å². The van der Waals surface area contributed by atoms with Crippen LogP contribution in [0.3, 0.4) is 0 Å². The van der Waals surface area contributed by atoms with Crippen LogP contribution in [0.5, 0.6) is 0 Å². The fraction of sp³-hybridized carbons (Fsp3) is 0.333. The summed E-state index contributed by atoms with van der Waals surface area (Å²) in [6.07, 6.45) is -0.00983. The first kappa shape index (κ1) is 31.9. The Morgan fingerprint density at radius 3 is 1.87 bits per heavy atom. The third-order valence-corrected chi connectivity index (χ3v) is 9.83. The maximum absolute atomic E-state index is 6.86. The van der Waals surface area contributed by atoms with Crippen LogP contribution in [0.25, 0.3) is 0 Å². The molecule has 5 unspecified atom stereocenters. The van der Waals surface area contributed by atoms with Crippen LogP contribution >= 0.6 is 23.5 Å². The molecule has 1 aromatic heterocycles. The summed E-state index contributed by atoms with van der Waals surface area (Å²) < 4.78 is 34.3. The molecule has 0 amide bonds. The number of aromatic nitrogens is 1. The Morgan fingerprint density at radius 1 is 0.667 bits per heavy atom. The molecule has 0 spiro atoms. The molecule has 7 nitrogen and oxygen atoms in total. The van der Waals surface area contributed by atoms with Crippen molar-refractivity contribution in [2.24, 2.45) is 4.99 Å². The molecular weight excluding hydrogens is 605 g/mol. The maximum atomic E-state index is 6.86. The Morgan fingerprint density at radius 2 is 1.27 bits per heavy atom. The summed E-state index contributed by atoms with van der Waals surface area (Å²) in [6, 6.07) is 36.4. The minimum atomic E-state index is -0.464. The summed E-state index contributed by atoms with van der Waals surface area (Å²) in [4.78, 5) is 9.21. The molecule has 3 heterocycles. The van der Waals surface area contributed by atoms with Crippen molar-refractivity contribution in [3.8, 4) is 0 Å². The molecule has 3 aromatic carbocycles. The number of nitrogens with zero attached hydrogens (tertiary/aromatic N) is 2. The lowest BCUT2D eigenvalue weighted by Gasteiger charge is -2.45. The van der Waals surface area contributed by atoms with Gasteiger partial charge in [0.2, 0.25) is 0 Å². The minimum absolute atomic E-state index is 0.317. The lowest BCUT2D eigenvalue weighted by Crippen LogP contribution is -2.60. The van der Waals surface area contributed by atoms with Gasteiger partial charge in [0.25, 0.3) is 0 Å². The fourth-order valence-corrected chi connectivity index (χ4v) is 7.50. The van der Waals surface area contributed by atoms with Crippen molar-refractivity contribution in [3.05, 3.63) is 138 Å². The van der Waals surface area contributed by atoms with Crippen molar-refractivity contribution in [2.45, 2.75) is 56.3 Å². The molecule has 2 aliphatic heterocycles. The van der Waals surface area contributed by atoms with Gasteiger partial charge >= 0.3 is 0 Å². The highest BCUT2D eigenvalue weighted by Crippen LogP contribution is 2.38. The SMILES string of the molecule is c1ccc(COCC2OC(SC3=NCCS3)C(OCc3ccccn3)C(OCc3ccccc3)C2OCc2ccccc2)cc1. The zero-order valence-electron chi connectivity index (χ0n) is 25.1. The monoisotopic (exact) mass is 642 g/mol. The highest BCUT2D eigenvalue weighted by molar-refractivity contribution is 8.39. The van der Waals surface area contributed by atoms with E-state index >= 15 is 0 Å². The molecule has 234 valence electrons. The second-order valence-electron chi connectivity index (χ2n) is 10.8. The molecule has 0 aliphatic carbocycles. The van der Waals surface area contributed by atoms with Crippen LogP contribution < -0.4 is 0 Å². The zero-order chi connectivity index (χ0) is 30.5.